The molecule has 1 saturated carbocycles. The Morgan fingerprint density at radius 2 is 2.15 bits per heavy atom. The van der Waals surface area contributed by atoms with Crippen LogP contribution in [0.1, 0.15) is 44.2 Å². The van der Waals surface area contributed by atoms with Gasteiger partial charge in [0.1, 0.15) is 11.4 Å². The van der Waals surface area contributed by atoms with Crippen LogP contribution < -0.4 is 10.6 Å². The first-order chi connectivity index (χ1) is 12.6. The standard InChI is InChI=1S/C19H24F4N2O2/c1-11(2)15-9-18(15,27-17(26)25-10-13-4-3-7-24-13)12-5-6-16(20)14(8-12)19(21,22)23/h5-6,8,11,13,15,24H,3-4,7,9-10H2,1-2H3,(H,25,26)/t13?,15?,18-/m1/s1. The third-order valence-electron chi connectivity index (χ3n) is 5.46. The number of alkyl carbamates (subject to hydrolysis) is 1. The Morgan fingerprint density at radius 3 is 2.70 bits per heavy atom. The lowest BCUT2D eigenvalue weighted by Crippen LogP contribution is -2.39. The molecule has 0 spiro atoms. The van der Waals surface area contributed by atoms with Gasteiger partial charge in [0.15, 0.2) is 0 Å². The Kier molecular flexibility index (Phi) is 5.38. The van der Waals surface area contributed by atoms with Crippen LogP contribution in [0.5, 0.6) is 0 Å². The van der Waals surface area contributed by atoms with E-state index < -0.39 is 29.3 Å². The summed E-state index contributed by atoms with van der Waals surface area (Å²) in [6.07, 6.45) is -3.06. The van der Waals surface area contributed by atoms with Gasteiger partial charge in [0.25, 0.3) is 0 Å². The second-order valence-electron chi connectivity index (χ2n) is 7.70. The minimum Gasteiger partial charge on any atom is -0.438 e. The number of hydrogen-bond acceptors (Lipinski definition) is 3. The molecule has 1 aromatic rings. The highest BCUT2D eigenvalue weighted by Crippen LogP contribution is 2.59. The van der Waals surface area contributed by atoms with E-state index in [1.54, 1.807) is 0 Å². The zero-order valence-electron chi connectivity index (χ0n) is 15.3. The van der Waals surface area contributed by atoms with Gasteiger partial charge in [-0.05, 0) is 49.4 Å². The molecule has 3 atom stereocenters. The molecule has 2 N–H and O–H groups in total. The lowest BCUT2D eigenvalue weighted by Gasteiger charge is -2.23. The van der Waals surface area contributed by atoms with Crippen LogP contribution in [0.15, 0.2) is 18.2 Å². The fraction of sp³-hybridized carbons (Fsp3) is 0.632. The van der Waals surface area contributed by atoms with Crippen molar-refractivity contribution in [2.75, 3.05) is 13.1 Å². The highest BCUT2D eigenvalue weighted by molar-refractivity contribution is 5.68. The van der Waals surface area contributed by atoms with Crippen molar-refractivity contribution >= 4 is 6.09 Å². The monoisotopic (exact) mass is 388 g/mol. The third-order valence-corrected chi connectivity index (χ3v) is 5.46. The summed E-state index contributed by atoms with van der Waals surface area (Å²) in [4.78, 5) is 12.3. The van der Waals surface area contributed by atoms with Crippen molar-refractivity contribution < 1.29 is 27.1 Å². The summed E-state index contributed by atoms with van der Waals surface area (Å²) in [7, 11) is 0. The number of nitrogens with one attached hydrogen (secondary N) is 2. The van der Waals surface area contributed by atoms with Crippen molar-refractivity contribution in [3.05, 3.63) is 35.1 Å². The molecule has 1 aromatic carbocycles. The molecule has 4 nitrogen and oxygen atoms in total. The maximum absolute atomic E-state index is 13.6. The van der Waals surface area contributed by atoms with E-state index in [9.17, 15) is 22.4 Å². The second-order valence-corrected chi connectivity index (χ2v) is 7.70. The molecule has 1 saturated heterocycles. The highest BCUT2D eigenvalue weighted by Gasteiger charge is 2.60. The summed E-state index contributed by atoms with van der Waals surface area (Å²) >= 11 is 0. The maximum Gasteiger partial charge on any atom is 0.419 e. The smallest absolute Gasteiger partial charge is 0.419 e. The first-order valence-corrected chi connectivity index (χ1v) is 9.21. The van der Waals surface area contributed by atoms with E-state index in [0.717, 1.165) is 31.5 Å². The first-order valence-electron chi connectivity index (χ1n) is 9.21. The molecule has 0 aromatic heterocycles. The Balaban J connectivity index is 1.78. The summed E-state index contributed by atoms with van der Waals surface area (Å²) in [6, 6.07) is 3.01. The molecule has 0 bridgehead atoms. The van der Waals surface area contributed by atoms with Crippen LogP contribution >= 0.6 is 0 Å². The summed E-state index contributed by atoms with van der Waals surface area (Å²) in [6.45, 7) is 5.14. The Hall–Kier alpha value is -1.83. The molecule has 3 rings (SSSR count). The fourth-order valence-electron chi connectivity index (χ4n) is 3.89. The summed E-state index contributed by atoms with van der Waals surface area (Å²) in [5.74, 6) is -1.34. The van der Waals surface area contributed by atoms with Gasteiger partial charge in [-0.15, -0.1) is 0 Å². The third kappa shape index (κ3) is 4.20. The maximum atomic E-state index is 13.6. The van der Waals surface area contributed by atoms with Crippen LogP contribution in [0.2, 0.25) is 0 Å². The van der Waals surface area contributed by atoms with Crippen molar-refractivity contribution in [2.45, 2.75) is 50.9 Å². The highest BCUT2D eigenvalue weighted by atomic mass is 19.4. The minimum atomic E-state index is -4.81. The van der Waals surface area contributed by atoms with E-state index in [0.29, 0.717) is 13.0 Å². The molecule has 0 radical (unpaired) electrons. The lowest BCUT2D eigenvalue weighted by atomic mass is 9.97. The zero-order valence-corrected chi connectivity index (χ0v) is 15.3. The molecule has 27 heavy (non-hydrogen) atoms. The van der Waals surface area contributed by atoms with Gasteiger partial charge in [0.05, 0.1) is 5.56 Å². The van der Waals surface area contributed by atoms with Crippen LogP contribution in [0, 0.1) is 17.7 Å². The van der Waals surface area contributed by atoms with Crippen molar-refractivity contribution in [3.63, 3.8) is 0 Å². The molecule has 1 aliphatic carbocycles. The molecule has 2 unspecified atom stereocenters. The SMILES string of the molecule is CC(C)C1C[C@@]1(OC(=O)NCC1CCCN1)c1ccc(F)c(C(F)(F)F)c1. The van der Waals surface area contributed by atoms with Crippen LogP contribution in [0.3, 0.4) is 0 Å². The predicted molar refractivity (Wildman–Crippen MR) is 91.5 cm³/mol. The molecule has 8 heteroatoms. The summed E-state index contributed by atoms with van der Waals surface area (Å²) < 4.78 is 58.5. The summed E-state index contributed by atoms with van der Waals surface area (Å²) in [5, 5.41) is 5.93. The predicted octanol–water partition coefficient (Wildman–Crippen LogP) is 4.19. The largest absolute Gasteiger partial charge is 0.438 e. The molecular formula is C19H24F4N2O2. The summed E-state index contributed by atoms with van der Waals surface area (Å²) in [5.41, 5.74) is -2.30. The zero-order chi connectivity index (χ0) is 19.8. The number of carbonyl (C=O) groups is 1. The molecule has 2 aliphatic rings. The van der Waals surface area contributed by atoms with Gasteiger partial charge < -0.3 is 15.4 Å². The van der Waals surface area contributed by atoms with Crippen LogP contribution in [0.4, 0.5) is 22.4 Å². The van der Waals surface area contributed by atoms with E-state index in [-0.39, 0.29) is 23.4 Å². The number of benzene rings is 1. The van der Waals surface area contributed by atoms with Crippen LogP contribution in [-0.2, 0) is 16.5 Å². The average Bonchev–Trinajstić information content (AvgIpc) is 3.07. The van der Waals surface area contributed by atoms with Crippen molar-refractivity contribution in [1.29, 1.82) is 0 Å². The quantitative estimate of drug-likeness (QED) is 0.744. The molecule has 1 heterocycles. The molecule has 150 valence electrons. The number of halogens is 4. The van der Waals surface area contributed by atoms with E-state index in [2.05, 4.69) is 10.6 Å². The van der Waals surface area contributed by atoms with Crippen LogP contribution in [0.25, 0.3) is 0 Å². The molecule has 1 aliphatic heterocycles. The fourth-order valence-corrected chi connectivity index (χ4v) is 3.89. The van der Waals surface area contributed by atoms with Gasteiger partial charge in [0.2, 0.25) is 0 Å². The Morgan fingerprint density at radius 1 is 1.41 bits per heavy atom. The van der Waals surface area contributed by atoms with E-state index in [1.807, 2.05) is 13.8 Å². The van der Waals surface area contributed by atoms with Gasteiger partial charge in [-0.3, -0.25) is 0 Å². The first kappa shape index (κ1) is 19.9. The average molecular weight is 388 g/mol. The number of alkyl halides is 3. The number of carbonyl (C=O) groups excluding carboxylic acids is 1. The van der Waals surface area contributed by atoms with Gasteiger partial charge >= 0.3 is 12.3 Å². The Bertz CT molecular complexity index is 701. The van der Waals surface area contributed by atoms with E-state index in [4.69, 9.17) is 4.74 Å². The number of hydrogen-bond donors (Lipinski definition) is 2. The van der Waals surface area contributed by atoms with Crippen LogP contribution in [-0.4, -0.2) is 25.2 Å². The number of amides is 1. The second kappa shape index (κ2) is 7.30. The van der Waals surface area contributed by atoms with Gasteiger partial charge in [-0.25, -0.2) is 9.18 Å². The number of ether oxygens (including phenoxy) is 1. The molecule has 1 amide bonds. The van der Waals surface area contributed by atoms with E-state index >= 15 is 0 Å². The van der Waals surface area contributed by atoms with Gasteiger partial charge in [-0.2, -0.15) is 13.2 Å². The van der Waals surface area contributed by atoms with Crippen molar-refractivity contribution in [3.8, 4) is 0 Å². The molecular weight excluding hydrogens is 364 g/mol. The Labute approximate surface area is 155 Å². The topological polar surface area (TPSA) is 50.4 Å². The van der Waals surface area contributed by atoms with E-state index in [1.165, 1.54) is 6.07 Å². The van der Waals surface area contributed by atoms with Crippen molar-refractivity contribution in [1.82, 2.24) is 10.6 Å². The minimum absolute atomic E-state index is 0.105. The normalized spacial score (nSPS) is 27.7. The lowest BCUT2D eigenvalue weighted by molar-refractivity contribution is -0.140. The van der Waals surface area contributed by atoms with Gasteiger partial charge in [-0.1, -0.05) is 19.9 Å². The van der Waals surface area contributed by atoms with Gasteiger partial charge in [0, 0.05) is 18.5 Å². The number of rotatable bonds is 5. The van der Waals surface area contributed by atoms with Crippen molar-refractivity contribution in [2.24, 2.45) is 11.8 Å². The molecule has 2 fully saturated rings.